The highest BCUT2D eigenvalue weighted by molar-refractivity contribution is 6.08. The molecule has 33 heavy (non-hydrogen) atoms. The SMILES string of the molecule is C[C@]12CCC3=C(COC3=O)C1C[C@@H]1O[C@@]13C(=O)C(CCCOC(=O)NCC(=O)O)=C[C@@H]1O[C@]123. The first-order valence-electron chi connectivity index (χ1n) is 11.4. The lowest BCUT2D eigenvalue weighted by molar-refractivity contribution is -0.136. The van der Waals surface area contributed by atoms with Crippen LogP contribution >= 0.6 is 0 Å². The largest absolute Gasteiger partial charge is 0.480 e. The van der Waals surface area contributed by atoms with Gasteiger partial charge in [-0.1, -0.05) is 6.92 Å². The molecule has 6 atom stereocenters. The number of hydrogen-bond donors (Lipinski definition) is 2. The van der Waals surface area contributed by atoms with Crippen LogP contribution in [0.15, 0.2) is 22.8 Å². The van der Waals surface area contributed by atoms with E-state index in [0.717, 1.165) is 17.6 Å². The second-order valence-electron chi connectivity index (χ2n) is 9.91. The van der Waals surface area contributed by atoms with Crippen molar-refractivity contribution in [1.82, 2.24) is 5.32 Å². The number of esters is 1. The number of hydrogen-bond acceptors (Lipinski definition) is 8. The number of nitrogens with one attached hydrogen (secondary N) is 1. The standard InChI is InChI=1S/C23H25NO9/c1-21-5-4-12-13(10-31-19(12)28)14(21)8-15-22(32-15)18(27)11(7-16-23(21,22)33-16)3-2-6-30-20(29)24-9-17(25)26/h7,14-16H,2-6,8-10H2,1H3,(H,24,29)(H,25,26)/t14?,15-,16-,21-,22+,23+/m0/s1. The van der Waals surface area contributed by atoms with Crippen LogP contribution in [0.5, 0.6) is 0 Å². The number of aliphatic carboxylic acids is 1. The van der Waals surface area contributed by atoms with Crippen molar-refractivity contribution in [2.24, 2.45) is 11.3 Å². The van der Waals surface area contributed by atoms with E-state index in [1.54, 1.807) is 0 Å². The molecule has 0 aromatic carbocycles. The predicted molar refractivity (Wildman–Crippen MR) is 108 cm³/mol. The number of carbonyl (C=O) groups is 4. The van der Waals surface area contributed by atoms with Crippen LogP contribution in [-0.2, 0) is 33.3 Å². The zero-order chi connectivity index (χ0) is 23.2. The van der Waals surface area contributed by atoms with Gasteiger partial charge in [0.2, 0.25) is 0 Å². The monoisotopic (exact) mass is 459 g/mol. The van der Waals surface area contributed by atoms with E-state index in [9.17, 15) is 19.2 Å². The molecule has 0 aromatic heterocycles. The second-order valence-corrected chi connectivity index (χ2v) is 9.91. The highest BCUT2D eigenvalue weighted by Crippen LogP contribution is 2.77. The number of alkyl carbamates (subject to hydrolysis) is 1. The number of cyclic esters (lactones) is 1. The van der Waals surface area contributed by atoms with Gasteiger partial charge in [-0.25, -0.2) is 9.59 Å². The lowest BCUT2D eigenvalue weighted by atomic mass is 9.48. The number of ether oxygens (including phenoxy) is 4. The highest BCUT2D eigenvalue weighted by Gasteiger charge is 2.92. The van der Waals surface area contributed by atoms with E-state index in [2.05, 4.69) is 12.2 Å². The van der Waals surface area contributed by atoms with Crippen molar-refractivity contribution in [1.29, 1.82) is 0 Å². The van der Waals surface area contributed by atoms with Gasteiger partial charge >= 0.3 is 18.0 Å². The Bertz CT molecular complexity index is 1060. The maximum absolute atomic E-state index is 13.6. The molecule has 2 spiro atoms. The first-order valence-corrected chi connectivity index (χ1v) is 11.4. The molecule has 6 rings (SSSR count). The minimum absolute atomic E-state index is 0.0465. The fourth-order valence-electron chi connectivity index (χ4n) is 6.95. The fourth-order valence-corrected chi connectivity index (χ4v) is 6.95. The van der Waals surface area contributed by atoms with Crippen molar-refractivity contribution in [2.45, 2.75) is 62.4 Å². The van der Waals surface area contributed by atoms with Crippen LogP contribution in [0.3, 0.4) is 0 Å². The summed E-state index contributed by atoms with van der Waals surface area (Å²) in [4.78, 5) is 47.7. The number of Topliss-reactive ketones (excluding diaryl/α,β-unsaturated/α-hetero) is 1. The van der Waals surface area contributed by atoms with Crippen molar-refractivity contribution in [3.05, 3.63) is 22.8 Å². The summed E-state index contributed by atoms with van der Waals surface area (Å²) in [5.74, 6) is -1.32. The van der Waals surface area contributed by atoms with E-state index in [1.165, 1.54) is 0 Å². The number of carbonyl (C=O) groups excluding carboxylic acids is 3. The van der Waals surface area contributed by atoms with Crippen LogP contribution in [0, 0.1) is 11.3 Å². The highest BCUT2D eigenvalue weighted by atomic mass is 16.7. The molecule has 2 saturated heterocycles. The molecule has 176 valence electrons. The van der Waals surface area contributed by atoms with Crippen LogP contribution in [0.1, 0.15) is 39.0 Å². The Balaban J connectivity index is 1.17. The van der Waals surface area contributed by atoms with Crippen molar-refractivity contribution in [3.63, 3.8) is 0 Å². The molecular formula is C23H25NO9. The maximum atomic E-state index is 13.6. The topological polar surface area (TPSA) is 144 Å². The van der Waals surface area contributed by atoms with Crippen LogP contribution in [0.2, 0.25) is 0 Å². The summed E-state index contributed by atoms with van der Waals surface area (Å²) in [6, 6.07) is 0. The Morgan fingerprint density at radius 3 is 2.91 bits per heavy atom. The molecule has 1 amide bonds. The quantitative estimate of drug-likeness (QED) is 0.338. The predicted octanol–water partition coefficient (Wildman–Crippen LogP) is 1.04. The smallest absolute Gasteiger partial charge is 0.407 e. The summed E-state index contributed by atoms with van der Waals surface area (Å²) in [5.41, 5.74) is 0.495. The molecule has 2 N–H and O–H groups in total. The molecule has 3 aliphatic heterocycles. The van der Waals surface area contributed by atoms with Crippen LogP contribution in [0.4, 0.5) is 4.79 Å². The van der Waals surface area contributed by atoms with E-state index in [0.29, 0.717) is 37.9 Å². The minimum Gasteiger partial charge on any atom is -0.480 e. The fraction of sp³-hybridized carbons (Fsp3) is 0.652. The normalized spacial score (nSPS) is 41.5. The summed E-state index contributed by atoms with van der Waals surface area (Å²) in [6.07, 6.45) is 3.52. The first-order chi connectivity index (χ1) is 15.7. The van der Waals surface area contributed by atoms with Gasteiger partial charge in [-0.05, 0) is 55.2 Å². The molecular weight excluding hydrogens is 434 g/mol. The van der Waals surface area contributed by atoms with Gasteiger partial charge in [0.05, 0.1) is 12.7 Å². The van der Waals surface area contributed by atoms with Gasteiger partial charge in [0.25, 0.3) is 0 Å². The average molecular weight is 459 g/mol. The Morgan fingerprint density at radius 1 is 1.30 bits per heavy atom. The molecule has 3 fully saturated rings. The third-order valence-electron chi connectivity index (χ3n) is 8.50. The molecule has 3 aliphatic carbocycles. The number of carboxylic acid groups (broad SMARTS) is 1. The number of amides is 1. The van der Waals surface area contributed by atoms with Crippen molar-refractivity contribution >= 4 is 23.8 Å². The number of carboxylic acids is 1. The Labute approximate surface area is 189 Å². The van der Waals surface area contributed by atoms with Crippen LogP contribution in [-0.4, -0.2) is 72.1 Å². The molecule has 3 heterocycles. The van der Waals surface area contributed by atoms with E-state index in [4.69, 9.17) is 24.1 Å². The second kappa shape index (κ2) is 6.66. The first kappa shape index (κ1) is 20.9. The lowest BCUT2D eigenvalue weighted by Gasteiger charge is -2.51. The van der Waals surface area contributed by atoms with Gasteiger partial charge in [0.15, 0.2) is 11.4 Å². The summed E-state index contributed by atoms with van der Waals surface area (Å²) < 4.78 is 22.8. The van der Waals surface area contributed by atoms with Gasteiger partial charge < -0.3 is 29.4 Å². The molecule has 0 radical (unpaired) electrons. The van der Waals surface area contributed by atoms with E-state index in [-0.39, 0.29) is 41.9 Å². The minimum atomic E-state index is -1.16. The molecule has 6 aliphatic rings. The van der Waals surface area contributed by atoms with Gasteiger partial charge in [0.1, 0.15) is 24.9 Å². The summed E-state index contributed by atoms with van der Waals surface area (Å²) in [5, 5.41) is 10.7. The number of fused-ring (bicyclic) bond motifs is 2. The Hall–Kier alpha value is -2.72. The number of rotatable bonds is 6. The van der Waals surface area contributed by atoms with E-state index < -0.39 is 29.8 Å². The van der Waals surface area contributed by atoms with Gasteiger partial charge in [-0.15, -0.1) is 0 Å². The zero-order valence-corrected chi connectivity index (χ0v) is 18.2. The third kappa shape index (κ3) is 2.56. The molecule has 10 heteroatoms. The Morgan fingerprint density at radius 2 is 2.12 bits per heavy atom. The average Bonchev–Trinajstić information content (AvgIpc) is 3.66. The third-order valence-corrected chi connectivity index (χ3v) is 8.50. The van der Waals surface area contributed by atoms with Crippen molar-refractivity contribution < 1.29 is 43.2 Å². The zero-order valence-electron chi connectivity index (χ0n) is 18.2. The molecule has 10 nitrogen and oxygen atoms in total. The van der Waals surface area contributed by atoms with E-state index in [1.807, 2.05) is 6.08 Å². The summed E-state index contributed by atoms with van der Waals surface area (Å²) >= 11 is 0. The van der Waals surface area contributed by atoms with E-state index >= 15 is 0 Å². The maximum Gasteiger partial charge on any atom is 0.407 e. The molecule has 1 unspecified atom stereocenters. The summed E-state index contributed by atoms with van der Waals surface area (Å²) in [6.45, 7) is 2.04. The number of ketones is 1. The number of epoxide rings is 2. The molecule has 1 saturated carbocycles. The Kier molecular flexibility index (Phi) is 4.21. The van der Waals surface area contributed by atoms with Crippen molar-refractivity contribution in [3.8, 4) is 0 Å². The van der Waals surface area contributed by atoms with Gasteiger partial charge in [-0.2, -0.15) is 0 Å². The van der Waals surface area contributed by atoms with Gasteiger partial charge in [0, 0.05) is 11.0 Å². The summed E-state index contributed by atoms with van der Waals surface area (Å²) in [7, 11) is 0. The van der Waals surface area contributed by atoms with Crippen molar-refractivity contribution in [2.75, 3.05) is 19.8 Å². The van der Waals surface area contributed by atoms with Gasteiger partial charge in [-0.3, -0.25) is 9.59 Å². The lowest BCUT2D eigenvalue weighted by Crippen LogP contribution is -2.63. The molecule has 0 aromatic rings. The molecule has 0 bridgehead atoms. The van der Waals surface area contributed by atoms with Crippen LogP contribution < -0.4 is 5.32 Å². The van der Waals surface area contributed by atoms with Crippen LogP contribution in [0.25, 0.3) is 0 Å².